The number of hydrogen-bond acceptors (Lipinski definition) is 7. The topological polar surface area (TPSA) is 94.3 Å². The first-order valence-corrected chi connectivity index (χ1v) is 9.01. The zero-order chi connectivity index (χ0) is 18.4. The Labute approximate surface area is 154 Å². The number of carbonyl (C=O) groups excluding carboxylic acids is 2. The lowest BCUT2D eigenvalue weighted by molar-refractivity contribution is -0.150. The Balaban J connectivity index is 1.75. The van der Waals surface area contributed by atoms with Crippen molar-refractivity contribution in [2.24, 2.45) is 0 Å². The van der Waals surface area contributed by atoms with E-state index < -0.39 is 18.0 Å². The molecule has 0 aliphatic heterocycles. The molecule has 134 valence electrons. The van der Waals surface area contributed by atoms with E-state index in [-0.39, 0.29) is 5.75 Å². The normalized spacial score (nSPS) is 11.8. The summed E-state index contributed by atoms with van der Waals surface area (Å²) in [6.07, 6.45) is 0.490. The Kier molecular flexibility index (Phi) is 6.83. The summed E-state index contributed by atoms with van der Waals surface area (Å²) in [5, 5.41) is 6.88. The van der Waals surface area contributed by atoms with E-state index in [0.29, 0.717) is 16.6 Å². The number of anilines is 1. The highest BCUT2D eigenvalue weighted by atomic mass is 35.5. The SMILES string of the molecule is Cc1noc(C)c1CSCC(=O)O[C@@H](C)C(=O)Nc1ccc(Cl)cn1. The van der Waals surface area contributed by atoms with Crippen molar-refractivity contribution in [1.29, 1.82) is 0 Å². The zero-order valence-electron chi connectivity index (χ0n) is 14.0. The van der Waals surface area contributed by atoms with Crippen LogP contribution in [0.25, 0.3) is 0 Å². The van der Waals surface area contributed by atoms with Crippen LogP contribution >= 0.6 is 23.4 Å². The van der Waals surface area contributed by atoms with Crippen molar-refractivity contribution >= 4 is 41.1 Å². The highest BCUT2D eigenvalue weighted by molar-refractivity contribution is 7.99. The summed E-state index contributed by atoms with van der Waals surface area (Å²) < 4.78 is 10.2. The highest BCUT2D eigenvalue weighted by Crippen LogP contribution is 2.19. The van der Waals surface area contributed by atoms with Crippen molar-refractivity contribution < 1.29 is 18.8 Å². The van der Waals surface area contributed by atoms with Gasteiger partial charge in [-0.05, 0) is 32.9 Å². The van der Waals surface area contributed by atoms with Crippen LogP contribution in [0, 0.1) is 13.8 Å². The number of carbonyl (C=O) groups is 2. The van der Waals surface area contributed by atoms with Gasteiger partial charge in [-0.2, -0.15) is 0 Å². The summed E-state index contributed by atoms with van der Waals surface area (Å²) in [6.45, 7) is 5.18. The maximum absolute atomic E-state index is 12.0. The number of ether oxygens (including phenoxy) is 1. The van der Waals surface area contributed by atoms with Gasteiger partial charge in [0.05, 0.1) is 16.5 Å². The fraction of sp³-hybridized carbons (Fsp3) is 0.375. The maximum Gasteiger partial charge on any atom is 0.316 e. The molecule has 0 aromatic carbocycles. The average Bonchev–Trinajstić information content (AvgIpc) is 2.88. The van der Waals surface area contributed by atoms with Gasteiger partial charge in [0.1, 0.15) is 11.6 Å². The van der Waals surface area contributed by atoms with E-state index in [9.17, 15) is 9.59 Å². The third-order valence-electron chi connectivity index (χ3n) is 3.30. The van der Waals surface area contributed by atoms with Gasteiger partial charge in [0, 0.05) is 17.5 Å². The van der Waals surface area contributed by atoms with E-state index in [4.69, 9.17) is 20.9 Å². The standard InChI is InChI=1S/C16H18ClN3O4S/c1-9-13(10(2)24-20-9)7-25-8-15(21)23-11(3)16(22)19-14-5-4-12(17)6-18-14/h4-6,11H,7-8H2,1-3H3,(H,18,19,22)/t11-/m0/s1. The number of thioether (sulfide) groups is 1. The molecule has 2 rings (SSSR count). The smallest absolute Gasteiger partial charge is 0.316 e. The predicted octanol–water partition coefficient (Wildman–Crippen LogP) is 3.14. The summed E-state index contributed by atoms with van der Waals surface area (Å²) in [7, 11) is 0. The van der Waals surface area contributed by atoms with Gasteiger partial charge in [-0.15, -0.1) is 11.8 Å². The van der Waals surface area contributed by atoms with Gasteiger partial charge in [0.25, 0.3) is 5.91 Å². The van der Waals surface area contributed by atoms with Crippen molar-refractivity contribution in [3.8, 4) is 0 Å². The van der Waals surface area contributed by atoms with E-state index in [1.165, 1.54) is 24.9 Å². The first kappa shape index (κ1) is 19.3. The Morgan fingerprint density at radius 2 is 2.16 bits per heavy atom. The lowest BCUT2D eigenvalue weighted by Crippen LogP contribution is -2.30. The van der Waals surface area contributed by atoms with E-state index in [1.807, 2.05) is 13.8 Å². The van der Waals surface area contributed by atoms with Crippen LogP contribution in [0.15, 0.2) is 22.9 Å². The van der Waals surface area contributed by atoms with Crippen LogP contribution in [-0.2, 0) is 20.1 Å². The molecule has 7 nitrogen and oxygen atoms in total. The van der Waals surface area contributed by atoms with Crippen LogP contribution in [-0.4, -0.2) is 33.9 Å². The van der Waals surface area contributed by atoms with Crippen LogP contribution in [0.4, 0.5) is 5.82 Å². The number of rotatable bonds is 7. The molecule has 2 heterocycles. The molecule has 0 saturated carbocycles. The van der Waals surface area contributed by atoms with Crippen LogP contribution in [0.1, 0.15) is 23.9 Å². The number of amides is 1. The van der Waals surface area contributed by atoms with Crippen molar-refractivity contribution in [2.45, 2.75) is 32.6 Å². The minimum absolute atomic E-state index is 0.126. The number of aryl methyl sites for hydroxylation is 2. The lowest BCUT2D eigenvalue weighted by Gasteiger charge is -2.13. The monoisotopic (exact) mass is 383 g/mol. The second-order valence-electron chi connectivity index (χ2n) is 5.28. The average molecular weight is 384 g/mol. The molecule has 0 spiro atoms. The summed E-state index contributed by atoms with van der Waals surface area (Å²) in [5.74, 6) is 0.862. The van der Waals surface area contributed by atoms with E-state index in [2.05, 4.69) is 15.5 Å². The Bertz CT molecular complexity index is 729. The molecule has 1 N–H and O–H groups in total. The summed E-state index contributed by atoms with van der Waals surface area (Å²) >= 11 is 7.10. The van der Waals surface area contributed by atoms with Gasteiger partial charge in [-0.25, -0.2) is 4.98 Å². The first-order chi connectivity index (χ1) is 11.9. The van der Waals surface area contributed by atoms with Crippen LogP contribution < -0.4 is 5.32 Å². The number of halogens is 1. The zero-order valence-corrected chi connectivity index (χ0v) is 15.6. The van der Waals surface area contributed by atoms with Crippen LogP contribution in [0.3, 0.4) is 0 Å². The fourth-order valence-electron chi connectivity index (χ4n) is 1.91. The van der Waals surface area contributed by atoms with Crippen molar-refractivity contribution in [3.63, 3.8) is 0 Å². The van der Waals surface area contributed by atoms with Crippen molar-refractivity contribution in [1.82, 2.24) is 10.1 Å². The molecule has 9 heteroatoms. The third-order valence-corrected chi connectivity index (χ3v) is 4.46. The second-order valence-corrected chi connectivity index (χ2v) is 6.70. The molecule has 0 radical (unpaired) electrons. The number of aromatic nitrogens is 2. The minimum atomic E-state index is -0.926. The van der Waals surface area contributed by atoms with Gasteiger partial charge < -0.3 is 14.6 Å². The predicted molar refractivity (Wildman–Crippen MR) is 95.6 cm³/mol. The number of hydrogen-bond donors (Lipinski definition) is 1. The number of nitrogens with zero attached hydrogens (tertiary/aromatic N) is 2. The maximum atomic E-state index is 12.0. The minimum Gasteiger partial charge on any atom is -0.452 e. The van der Waals surface area contributed by atoms with E-state index >= 15 is 0 Å². The molecule has 0 unspecified atom stereocenters. The summed E-state index contributed by atoms with van der Waals surface area (Å²) in [6, 6.07) is 3.17. The molecule has 0 saturated heterocycles. The quantitative estimate of drug-likeness (QED) is 0.734. The molecule has 0 aliphatic rings. The molecule has 0 aliphatic carbocycles. The largest absolute Gasteiger partial charge is 0.452 e. The molecule has 1 atom stereocenters. The van der Waals surface area contributed by atoms with Crippen molar-refractivity contribution in [3.05, 3.63) is 40.4 Å². The molecule has 25 heavy (non-hydrogen) atoms. The van der Waals surface area contributed by atoms with Crippen LogP contribution in [0.2, 0.25) is 5.02 Å². The van der Waals surface area contributed by atoms with Crippen LogP contribution in [0.5, 0.6) is 0 Å². The number of pyridine rings is 1. The van der Waals surface area contributed by atoms with Gasteiger partial charge in [-0.1, -0.05) is 16.8 Å². The van der Waals surface area contributed by atoms with Gasteiger partial charge in [-0.3, -0.25) is 9.59 Å². The Hall–Kier alpha value is -2.06. The Morgan fingerprint density at radius 3 is 2.76 bits per heavy atom. The van der Waals surface area contributed by atoms with E-state index in [1.54, 1.807) is 12.1 Å². The summed E-state index contributed by atoms with van der Waals surface area (Å²) in [5.41, 5.74) is 1.78. The Morgan fingerprint density at radius 1 is 1.40 bits per heavy atom. The molecule has 1 amide bonds. The lowest BCUT2D eigenvalue weighted by atomic mass is 10.2. The third kappa shape index (κ3) is 5.75. The van der Waals surface area contributed by atoms with Gasteiger partial charge >= 0.3 is 5.97 Å². The highest BCUT2D eigenvalue weighted by Gasteiger charge is 2.19. The number of esters is 1. The van der Waals surface area contributed by atoms with E-state index in [0.717, 1.165) is 17.0 Å². The second kappa shape index (κ2) is 8.87. The molecule has 2 aromatic rings. The summed E-state index contributed by atoms with van der Waals surface area (Å²) in [4.78, 5) is 27.8. The van der Waals surface area contributed by atoms with Gasteiger partial charge in [0.15, 0.2) is 6.10 Å². The van der Waals surface area contributed by atoms with Gasteiger partial charge in [0.2, 0.25) is 0 Å². The van der Waals surface area contributed by atoms with Crippen molar-refractivity contribution in [2.75, 3.05) is 11.1 Å². The molecule has 0 bridgehead atoms. The number of nitrogens with one attached hydrogen (secondary N) is 1. The molecule has 0 fully saturated rings. The molecule has 2 aromatic heterocycles. The fourth-order valence-corrected chi connectivity index (χ4v) is 2.97. The first-order valence-electron chi connectivity index (χ1n) is 7.48. The molecular weight excluding hydrogens is 366 g/mol. The molecular formula is C16H18ClN3O4S.